The molecule has 1 aromatic heterocycles. The van der Waals surface area contributed by atoms with Crippen molar-refractivity contribution in [2.24, 2.45) is 11.8 Å². The quantitative estimate of drug-likeness (QED) is 0.840. The summed E-state index contributed by atoms with van der Waals surface area (Å²) in [5, 5.41) is 10.6. The molecule has 0 radical (unpaired) electrons. The van der Waals surface area contributed by atoms with E-state index in [0.717, 1.165) is 26.1 Å². The van der Waals surface area contributed by atoms with Crippen molar-refractivity contribution in [2.75, 3.05) is 19.6 Å². The topological polar surface area (TPSA) is 41.1 Å². The Morgan fingerprint density at radius 3 is 3.00 bits per heavy atom. The molecule has 1 aromatic rings. The summed E-state index contributed by atoms with van der Waals surface area (Å²) in [4.78, 5) is 11.9. The summed E-state index contributed by atoms with van der Waals surface area (Å²) >= 11 is 1.71. The number of hydrogen-bond donors (Lipinski definition) is 2. The maximum absolute atomic E-state index is 11.9. The van der Waals surface area contributed by atoms with E-state index >= 15 is 0 Å². The number of carbonyl (C=O) groups is 1. The van der Waals surface area contributed by atoms with Crippen LogP contribution in [0.5, 0.6) is 0 Å². The largest absolute Gasteiger partial charge is 0.356 e. The van der Waals surface area contributed by atoms with E-state index < -0.39 is 0 Å². The van der Waals surface area contributed by atoms with Gasteiger partial charge in [0, 0.05) is 13.0 Å². The van der Waals surface area contributed by atoms with E-state index in [-0.39, 0.29) is 5.91 Å². The average Bonchev–Trinajstić information content (AvgIpc) is 2.93. The molecule has 1 unspecified atom stereocenters. The Morgan fingerprint density at radius 1 is 1.53 bits per heavy atom. The zero-order valence-corrected chi connectivity index (χ0v) is 12.5. The standard InChI is InChI=1S/C15H24N2OS/c1-12(14-3-6-16-7-4-14)10-15(18)17-8-2-13-5-9-19-11-13/h5,9,11-12,14,16H,2-4,6-8,10H2,1H3,(H,17,18). The smallest absolute Gasteiger partial charge is 0.220 e. The van der Waals surface area contributed by atoms with Crippen molar-refractivity contribution in [1.29, 1.82) is 0 Å². The van der Waals surface area contributed by atoms with Crippen LogP contribution in [0.25, 0.3) is 0 Å². The van der Waals surface area contributed by atoms with Crippen molar-refractivity contribution >= 4 is 17.2 Å². The van der Waals surface area contributed by atoms with Crippen LogP contribution in [0.3, 0.4) is 0 Å². The van der Waals surface area contributed by atoms with Crippen LogP contribution >= 0.6 is 11.3 Å². The number of carbonyl (C=O) groups excluding carboxylic acids is 1. The Hall–Kier alpha value is -0.870. The molecule has 0 saturated carbocycles. The highest BCUT2D eigenvalue weighted by Crippen LogP contribution is 2.24. The number of rotatable bonds is 6. The van der Waals surface area contributed by atoms with E-state index in [2.05, 4.69) is 34.4 Å². The van der Waals surface area contributed by atoms with Crippen molar-refractivity contribution < 1.29 is 4.79 Å². The summed E-state index contributed by atoms with van der Waals surface area (Å²) < 4.78 is 0. The minimum Gasteiger partial charge on any atom is -0.356 e. The minimum absolute atomic E-state index is 0.210. The molecular formula is C15H24N2OS. The Labute approximate surface area is 119 Å². The van der Waals surface area contributed by atoms with Crippen LogP contribution in [0.2, 0.25) is 0 Å². The molecule has 3 nitrogen and oxygen atoms in total. The Balaban J connectivity index is 1.63. The minimum atomic E-state index is 0.210. The van der Waals surface area contributed by atoms with Crippen molar-refractivity contribution in [1.82, 2.24) is 10.6 Å². The summed E-state index contributed by atoms with van der Waals surface area (Å²) in [6, 6.07) is 2.12. The molecule has 2 heterocycles. The molecule has 2 rings (SSSR count). The molecule has 1 fully saturated rings. The van der Waals surface area contributed by atoms with E-state index in [9.17, 15) is 4.79 Å². The highest BCUT2D eigenvalue weighted by Gasteiger charge is 2.21. The third-order valence-corrected chi connectivity index (χ3v) is 4.74. The first-order valence-electron chi connectivity index (χ1n) is 7.24. The predicted molar refractivity (Wildman–Crippen MR) is 80.4 cm³/mol. The Morgan fingerprint density at radius 2 is 2.32 bits per heavy atom. The second kappa shape index (κ2) is 7.65. The maximum atomic E-state index is 11.9. The molecule has 1 aliphatic rings. The van der Waals surface area contributed by atoms with Gasteiger partial charge in [-0.15, -0.1) is 0 Å². The van der Waals surface area contributed by atoms with E-state index in [1.165, 1.54) is 18.4 Å². The molecule has 0 aliphatic carbocycles. The Kier molecular flexibility index (Phi) is 5.86. The normalized spacial score (nSPS) is 18.2. The predicted octanol–water partition coefficient (Wildman–Crippen LogP) is 2.43. The second-order valence-electron chi connectivity index (χ2n) is 5.50. The first-order valence-corrected chi connectivity index (χ1v) is 8.18. The average molecular weight is 280 g/mol. The van der Waals surface area contributed by atoms with Gasteiger partial charge in [0.05, 0.1) is 0 Å². The van der Waals surface area contributed by atoms with Crippen LogP contribution < -0.4 is 10.6 Å². The molecule has 0 bridgehead atoms. The van der Waals surface area contributed by atoms with Gasteiger partial charge >= 0.3 is 0 Å². The molecule has 1 aliphatic heterocycles. The Bertz CT molecular complexity index is 372. The number of thiophene rings is 1. The van der Waals surface area contributed by atoms with Crippen LogP contribution in [-0.4, -0.2) is 25.5 Å². The molecule has 1 saturated heterocycles. The lowest BCUT2D eigenvalue weighted by atomic mass is 9.84. The summed E-state index contributed by atoms with van der Waals surface area (Å²) in [6.45, 7) is 5.19. The molecule has 0 spiro atoms. The van der Waals surface area contributed by atoms with E-state index in [0.29, 0.717) is 18.3 Å². The summed E-state index contributed by atoms with van der Waals surface area (Å²) in [5.41, 5.74) is 1.32. The highest BCUT2D eigenvalue weighted by molar-refractivity contribution is 7.07. The molecule has 0 aromatic carbocycles. The third-order valence-electron chi connectivity index (χ3n) is 4.01. The molecule has 4 heteroatoms. The van der Waals surface area contributed by atoms with E-state index in [1.54, 1.807) is 11.3 Å². The third kappa shape index (κ3) is 4.96. The number of nitrogens with one attached hydrogen (secondary N) is 2. The fourth-order valence-electron chi connectivity index (χ4n) is 2.73. The first kappa shape index (κ1) is 14.5. The lowest BCUT2D eigenvalue weighted by Crippen LogP contribution is -2.34. The molecular weight excluding hydrogens is 256 g/mol. The zero-order valence-electron chi connectivity index (χ0n) is 11.7. The maximum Gasteiger partial charge on any atom is 0.220 e. The molecule has 2 N–H and O–H groups in total. The fourth-order valence-corrected chi connectivity index (χ4v) is 3.43. The van der Waals surface area contributed by atoms with Crippen LogP contribution in [0, 0.1) is 11.8 Å². The fraction of sp³-hybridized carbons (Fsp3) is 0.667. The van der Waals surface area contributed by atoms with Crippen LogP contribution in [0.1, 0.15) is 31.7 Å². The first-order chi connectivity index (χ1) is 9.25. The van der Waals surface area contributed by atoms with Crippen molar-refractivity contribution in [2.45, 2.75) is 32.6 Å². The van der Waals surface area contributed by atoms with E-state index in [4.69, 9.17) is 0 Å². The van der Waals surface area contributed by atoms with Gasteiger partial charge in [-0.05, 0) is 66.6 Å². The molecule has 106 valence electrons. The van der Waals surface area contributed by atoms with Gasteiger partial charge in [0.2, 0.25) is 5.91 Å². The second-order valence-corrected chi connectivity index (χ2v) is 6.28. The van der Waals surface area contributed by atoms with Crippen LogP contribution in [0.15, 0.2) is 16.8 Å². The molecule has 19 heavy (non-hydrogen) atoms. The van der Waals surface area contributed by atoms with E-state index in [1.807, 2.05) is 0 Å². The van der Waals surface area contributed by atoms with Crippen molar-refractivity contribution in [3.05, 3.63) is 22.4 Å². The van der Waals surface area contributed by atoms with Gasteiger partial charge in [-0.3, -0.25) is 4.79 Å². The molecule has 1 amide bonds. The number of amides is 1. The monoisotopic (exact) mass is 280 g/mol. The van der Waals surface area contributed by atoms with Gasteiger partial charge in [-0.25, -0.2) is 0 Å². The number of piperidine rings is 1. The van der Waals surface area contributed by atoms with Crippen molar-refractivity contribution in [3.8, 4) is 0 Å². The summed E-state index contributed by atoms with van der Waals surface area (Å²) in [6.07, 6.45) is 4.04. The summed E-state index contributed by atoms with van der Waals surface area (Å²) in [7, 11) is 0. The van der Waals surface area contributed by atoms with Gasteiger partial charge in [0.1, 0.15) is 0 Å². The van der Waals surface area contributed by atoms with Crippen LogP contribution in [0.4, 0.5) is 0 Å². The van der Waals surface area contributed by atoms with Crippen molar-refractivity contribution in [3.63, 3.8) is 0 Å². The lowest BCUT2D eigenvalue weighted by Gasteiger charge is -2.27. The van der Waals surface area contributed by atoms with Gasteiger partial charge < -0.3 is 10.6 Å². The highest BCUT2D eigenvalue weighted by atomic mass is 32.1. The van der Waals surface area contributed by atoms with Gasteiger partial charge in [-0.2, -0.15) is 11.3 Å². The van der Waals surface area contributed by atoms with Gasteiger partial charge in [-0.1, -0.05) is 6.92 Å². The van der Waals surface area contributed by atoms with Gasteiger partial charge in [0.25, 0.3) is 0 Å². The van der Waals surface area contributed by atoms with Crippen LogP contribution in [-0.2, 0) is 11.2 Å². The zero-order chi connectivity index (χ0) is 13.5. The molecule has 1 atom stereocenters. The summed E-state index contributed by atoms with van der Waals surface area (Å²) in [5.74, 6) is 1.42. The SMILES string of the molecule is CC(CC(=O)NCCc1ccsc1)C1CCNCC1. The lowest BCUT2D eigenvalue weighted by molar-refractivity contribution is -0.122. The van der Waals surface area contributed by atoms with Gasteiger partial charge in [0.15, 0.2) is 0 Å². The number of hydrogen-bond acceptors (Lipinski definition) is 3.